The Morgan fingerprint density at radius 1 is 1.09 bits per heavy atom. The zero-order valence-electron chi connectivity index (χ0n) is 20.4. The third kappa shape index (κ3) is 7.84. The summed E-state index contributed by atoms with van der Waals surface area (Å²) in [5.74, 6) is -0.425. The van der Waals surface area contributed by atoms with Crippen molar-refractivity contribution in [2.75, 3.05) is 23.7 Å². The lowest BCUT2D eigenvalue weighted by Gasteiger charge is -2.33. The van der Waals surface area contributed by atoms with Crippen molar-refractivity contribution in [3.05, 3.63) is 64.1 Å². The predicted molar refractivity (Wildman–Crippen MR) is 140 cm³/mol. The van der Waals surface area contributed by atoms with Gasteiger partial charge >= 0.3 is 0 Å². The summed E-state index contributed by atoms with van der Waals surface area (Å²) in [6, 6.07) is 13.7. The second kappa shape index (κ2) is 12.4. The summed E-state index contributed by atoms with van der Waals surface area (Å²) < 4.78 is 27.0. The molecule has 0 saturated carbocycles. The quantitative estimate of drug-likeness (QED) is 0.455. The van der Waals surface area contributed by atoms with Crippen LogP contribution in [0.15, 0.2) is 53.0 Å². The van der Waals surface area contributed by atoms with Crippen LogP contribution in [-0.2, 0) is 26.2 Å². The van der Waals surface area contributed by atoms with E-state index in [2.05, 4.69) is 21.2 Å². The highest BCUT2D eigenvalue weighted by Crippen LogP contribution is 2.23. The van der Waals surface area contributed by atoms with Crippen molar-refractivity contribution < 1.29 is 18.0 Å². The van der Waals surface area contributed by atoms with Crippen molar-refractivity contribution in [1.29, 1.82) is 0 Å². The van der Waals surface area contributed by atoms with Crippen LogP contribution >= 0.6 is 15.9 Å². The summed E-state index contributed by atoms with van der Waals surface area (Å²) in [4.78, 5) is 28.2. The SMILES string of the molecule is CC[C@H](C(=O)NCC(C)C)N(Cc1ccccc1C)C(=O)CN(c1cccc(Br)c1)S(C)(=O)=O. The van der Waals surface area contributed by atoms with Crippen LogP contribution in [-0.4, -0.2) is 50.5 Å². The fourth-order valence-corrected chi connectivity index (χ4v) is 4.79. The minimum absolute atomic E-state index is 0.204. The van der Waals surface area contributed by atoms with Gasteiger partial charge in [0.2, 0.25) is 21.8 Å². The molecule has 0 aliphatic heterocycles. The second-order valence-corrected chi connectivity index (χ2v) is 11.6. The van der Waals surface area contributed by atoms with Gasteiger partial charge in [-0.2, -0.15) is 0 Å². The zero-order chi connectivity index (χ0) is 25.5. The molecule has 0 heterocycles. The third-order valence-electron chi connectivity index (χ3n) is 5.45. The number of nitrogens with zero attached hydrogens (tertiary/aromatic N) is 2. The Bertz CT molecular complexity index is 1100. The fraction of sp³-hybridized carbons (Fsp3) is 0.440. The Hall–Kier alpha value is -2.39. The minimum atomic E-state index is -3.75. The van der Waals surface area contributed by atoms with Crippen molar-refractivity contribution in [3.63, 3.8) is 0 Å². The van der Waals surface area contributed by atoms with Gasteiger partial charge in [0.25, 0.3) is 0 Å². The molecule has 0 fully saturated rings. The van der Waals surface area contributed by atoms with Gasteiger partial charge in [-0.1, -0.05) is 67.0 Å². The number of sulfonamides is 1. The Morgan fingerprint density at radius 3 is 2.32 bits per heavy atom. The average Bonchev–Trinajstić information content (AvgIpc) is 2.76. The molecule has 0 aromatic heterocycles. The summed E-state index contributed by atoms with van der Waals surface area (Å²) in [6.45, 7) is 8.08. The fourth-order valence-electron chi connectivity index (χ4n) is 3.56. The van der Waals surface area contributed by atoms with Crippen molar-refractivity contribution in [1.82, 2.24) is 10.2 Å². The largest absolute Gasteiger partial charge is 0.354 e. The number of hydrogen-bond donors (Lipinski definition) is 1. The molecular weight excluding hydrogens is 518 g/mol. The van der Waals surface area contributed by atoms with Crippen LogP contribution in [0.2, 0.25) is 0 Å². The monoisotopic (exact) mass is 551 g/mol. The number of benzene rings is 2. The number of hydrogen-bond acceptors (Lipinski definition) is 4. The molecule has 2 aromatic carbocycles. The number of halogens is 1. The van der Waals surface area contributed by atoms with E-state index in [1.54, 1.807) is 24.3 Å². The molecule has 2 amide bonds. The lowest BCUT2D eigenvalue weighted by Crippen LogP contribution is -2.52. The molecule has 0 bridgehead atoms. The van der Waals surface area contributed by atoms with Gasteiger partial charge in [-0.25, -0.2) is 8.42 Å². The summed E-state index contributed by atoms with van der Waals surface area (Å²) in [5, 5.41) is 2.92. The molecule has 186 valence electrons. The Kier molecular flexibility index (Phi) is 10.1. The normalized spacial score (nSPS) is 12.3. The minimum Gasteiger partial charge on any atom is -0.354 e. The smallest absolute Gasteiger partial charge is 0.244 e. The lowest BCUT2D eigenvalue weighted by molar-refractivity contribution is -0.140. The van der Waals surface area contributed by atoms with E-state index < -0.39 is 28.5 Å². The summed E-state index contributed by atoms with van der Waals surface area (Å²) in [5.41, 5.74) is 2.27. The molecule has 0 saturated heterocycles. The molecule has 2 aromatic rings. The molecule has 34 heavy (non-hydrogen) atoms. The molecular formula is C25H34BrN3O4S. The van der Waals surface area contributed by atoms with E-state index in [4.69, 9.17) is 0 Å². The molecule has 0 unspecified atom stereocenters. The Labute approximate surface area is 211 Å². The van der Waals surface area contributed by atoms with E-state index in [1.807, 2.05) is 52.0 Å². The van der Waals surface area contributed by atoms with Gasteiger partial charge in [0, 0.05) is 17.6 Å². The van der Waals surface area contributed by atoms with E-state index in [0.29, 0.717) is 23.1 Å². The van der Waals surface area contributed by atoms with Gasteiger partial charge in [0.15, 0.2) is 0 Å². The molecule has 9 heteroatoms. The van der Waals surface area contributed by atoms with Crippen LogP contribution in [0.5, 0.6) is 0 Å². The predicted octanol–water partition coefficient (Wildman–Crippen LogP) is 4.10. The first-order chi connectivity index (χ1) is 15.9. The molecule has 0 radical (unpaired) electrons. The Morgan fingerprint density at radius 2 is 1.76 bits per heavy atom. The maximum absolute atomic E-state index is 13.6. The second-order valence-electron chi connectivity index (χ2n) is 8.76. The summed E-state index contributed by atoms with van der Waals surface area (Å²) in [7, 11) is -3.75. The number of carbonyl (C=O) groups is 2. The van der Waals surface area contributed by atoms with Gasteiger partial charge in [0.1, 0.15) is 12.6 Å². The number of amides is 2. The molecule has 2 rings (SSSR count). The van der Waals surface area contributed by atoms with Crippen LogP contribution in [0.3, 0.4) is 0 Å². The van der Waals surface area contributed by atoms with E-state index in [-0.39, 0.29) is 18.4 Å². The van der Waals surface area contributed by atoms with Gasteiger partial charge < -0.3 is 10.2 Å². The summed E-state index contributed by atoms with van der Waals surface area (Å²) in [6.07, 6.45) is 1.47. The first kappa shape index (κ1) is 27.9. The summed E-state index contributed by atoms with van der Waals surface area (Å²) >= 11 is 3.36. The maximum Gasteiger partial charge on any atom is 0.244 e. The average molecular weight is 553 g/mol. The number of anilines is 1. The van der Waals surface area contributed by atoms with Crippen molar-refractivity contribution in [3.8, 4) is 0 Å². The van der Waals surface area contributed by atoms with Gasteiger partial charge in [0.05, 0.1) is 11.9 Å². The molecule has 0 aliphatic rings. The zero-order valence-corrected chi connectivity index (χ0v) is 22.8. The molecule has 0 aliphatic carbocycles. The van der Waals surface area contributed by atoms with E-state index in [1.165, 1.54) is 4.90 Å². The number of aryl methyl sites for hydroxylation is 1. The highest BCUT2D eigenvalue weighted by atomic mass is 79.9. The van der Waals surface area contributed by atoms with Crippen LogP contribution < -0.4 is 9.62 Å². The van der Waals surface area contributed by atoms with Crippen LogP contribution in [0, 0.1) is 12.8 Å². The van der Waals surface area contributed by atoms with Crippen molar-refractivity contribution >= 4 is 43.5 Å². The highest BCUT2D eigenvalue weighted by Gasteiger charge is 2.32. The number of nitrogens with one attached hydrogen (secondary N) is 1. The molecule has 0 spiro atoms. The van der Waals surface area contributed by atoms with Crippen LogP contribution in [0.1, 0.15) is 38.3 Å². The van der Waals surface area contributed by atoms with Crippen molar-refractivity contribution in [2.24, 2.45) is 5.92 Å². The van der Waals surface area contributed by atoms with Crippen LogP contribution in [0.25, 0.3) is 0 Å². The van der Waals surface area contributed by atoms with Gasteiger partial charge in [-0.15, -0.1) is 0 Å². The molecule has 1 N–H and O–H groups in total. The highest BCUT2D eigenvalue weighted by molar-refractivity contribution is 9.10. The Balaban J connectivity index is 2.43. The van der Waals surface area contributed by atoms with E-state index >= 15 is 0 Å². The first-order valence-corrected chi connectivity index (χ1v) is 13.9. The molecule has 1 atom stereocenters. The number of rotatable bonds is 11. The molecule has 7 nitrogen and oxygen atoms in total. The van der Waals surface area contributed by atoms with Gasteiger partial charge in [-0.3, -0.25) is 13.9 Å². The van der Waals surface area contributed by atoms with Gasteiger partial charge in [-0.05, 0) is 48.6 Å². The maximum atomic E-state index is 13.6. The standard InChI is InChI=1S/C25H34BrN3O4S/c1-6-23(25(31)27-15-18(2)3)28(16-20-11-8-7-10-19(20)4)24(30)17-29(34(5,32)33)22-13-9-12-21(26)14-22/h7-14,18,23H,6,15-17H2,1-5H3,(H,27,31)/t23-/m1/s1. The lowest BCUT2D eigenvalue weighted by atomic mass is 10.1. The van der Waals surface area contributed by atoms with E-state index in [0.717, 1.165) is 21.7 Å². The topological polar surface area (TPSA) is 86.8 Å². The van der Waals surface area contributed by atoms with E-state index in [9.17, 15) is 18.0 Å². The first-order valence-electron chi connectivity index (χ1n) is 11.3. The third-order valence-corrected chi connectivity index (χ3v) is 7.08. The van der Waals surface area contributed by atoms with Crippen LogP contribution in [0.4, 0.5) is 5.69 Å². The number of carbonyl (C=O) groups excluding carboxylic acids is 2. The van der Waals surface area contributed by atoms with Crippen molar-refractivity contribution in [2.45, 2.75) is 46.7 Å².